The molecule has 0 fully saturated rings. The van der Waals surface area contributed by atoms with E-state index >= 15 is 0 Å². The van der Waals surface area contributed by atoms with E-state index in [0.29, 0.717) is 17.1 Å². The van der Waals surface area contributed by atoms with E-state index in [-0.39, 0.29) is 23.8 Å². The van der Waals surface area contributed by atoms with Crippen LogP contribution in [0.3, 0.4) is 0 Å². The summed E-state index contributed by atoms with van der Waals surface area (Å²) < 4.78 is 32.3. The van der Waals surface area contributed by atoms with Crippen LogP contribution in [-0.2, 0) is 27.8 Å². The molecule has 2 N–H and O–H groups in total. The Hall–Kier alpha value is -2.79. The zero-order chi connectivity index (χ0) is 21.0. The number of nitrogens with one attached hydrogen (secondary N) is 2. The molecule has 4 aromatic rings. The zero-order valence-corrected chi connectivity index (χ0v) is 18.0. The normalized spacial score (nSPS) is 11.5. The number of anilines is 1. The zero-order valence-electron chi connectivity index (χ0n) is 15.6. The summed E-state index contributed by atoms with van der Waals surface area (Å²) in [5, 5.41) is 9.52. The number of carbonyl (C=O) groups is 1. The Morgan fingerprint density at radius 1 is 1.10 bits per heavy atom. The third-order valence-electron chi connectivity index (χ3n) is 4.13. The predicted molar refractivity (Wildman–Crippen MR) is 117 cm³/mol. The predicted octanol–water partition coefficient (Wildman–Crippen LogP) is 4.12. The van der Waals surface area contributed by atoms with Gasteiger partial charge in [-0.05, 0) is 47.8 Å². The van der Waals surface area contributed by atoms with E-state index in [0.717, 1.165) is 10.6 Å². The van der Waals surface area contributed by atoms with Crippen molar-refractivity contribution in [2.24, 2.45) is 0 Å². The molecular weight excluding hydrogens is 442 g/mol. The molecule has 3 aromatic heterocycles. The number of hydrogen-bond acceptors (Lipinski definition) is 7. The Bertz CT molecular complexity index is 1210. The molecule has 4 rings (SSSR count). The molecule has 0 aliphatic rings. The number of carbonyl (C=O) groups excluding carboxylic acids is 1. The maximum absolute atomic E-state index is 12.4. The average Bonchev–Trinajstić information content (AvgIpc) is 3.49. The SMILES string of the molecule is O=C(Cc1csc(-c2ccsc2)n1)Nc1ccc(S(=O)(=O)NCc2ccco2)cc1. The molecule has 0 aliphatic carbocycles. The van der Waals surface area contributed by atoms with Crippen LogP contribution in [0.4, 0.5) is 5.69 Å². The van der Waals surface area contributed by atoms with E-state index < -0.39 is 10.0 Å². The summed E-state index contributed by atoms with van der Waals surface area (Å²) in [4.78, 5) is 16.9. The van der Waals surface area contributed by atoms with Gasteiger partial charge in [0.25, 0.3) is 0 Å². The Morgan fingerprint density at radius 2 is 1.93 bits per heavy atom. The lowest BCUT2D eigenvalue weighted by Crippen LogP contribution is -2.23. The lowest BCUT2D eigenvalue weighted by atomic mass is 10.3. The molecule has 0 unspecified atom stereocenters. The fraction of sp³-hybridized carbons (Fsp3) is 0.100. The average molecular weight is 460 g/mol. The van der Waals surface area contributed by atoms with E-state index in [1.54, 1.807) is 35.6 Å². The first-order chi connectivity index (χ1) is 14.5. The highest BCUT2D eigenvalue weighted by atomic mass is 32.2. The molecule has 7 nitrogen and oxygen atoms in total. The summed E-state index contributed by atoms with van der Waals surface area (Å²) >= 11 is 3.10. The van der Waals surface area contributed by atoms with Crippen molar-refractivity contribution < 1.29 is 17.6 Å². The van der Waals surface area contributed by atoms with Gasteiger partial charge in [0.15, 0.2) is 0 Å². The van der Waals surface area contributed by atoms with E-state index in [9.17, 15) is 13.2 Å². The van der Waals surface area contributed by atoms with Crippen LogP contribution in [0.25, 0.3) is 10.6 Å². The molecule has 0 bridgehead atoms. The molecule has 10 heteroatoms. The number of rotatable bonds is 8. The molecule has 0 radical (unpaired) electrons. The van der Waals surface area contributed by atoms with Crippen molar-refractivity contribution >= 4 is 44.3 Å². The van der Waals surface area contributed by atoms with E-state index in [1.807, 2.05) is 22.2 Å². The largest absolute Gasteiger partial charge is 0.468 e. The standard InChI is InChI=1S/C20H17N3O4S3/c24-19(10-16-13-29-20(23-16)14-7-9-28-12-14)22-15-3-5-18(6-4-15)30(25,26)21-11-17-2-1-8-27-17/h1-9,12-13,21H,10-11H2,(H,22,24). The maximum Gasteiger partial charge on any atom is 0.240 e. The van der Waals surface area contributed by atoms with Crippen LogP contribution in [0.15, 0.2) is 74.2 Å². The second kappa shape index (κ2) is 8.92. The summed E-state index contributed by atoms with van der Waals surface area (Å²) in [5.74, 6) is 0.301. The van der Waals surface area contributed by atoms with Crippen LogP contribution in [-0.4, -0.2) is 19.3 Å². The lowest BCUT2D eigenvalue weighted by Gasteiger charge is -2.08. The lowest BCUT2D eigenvalue weighted by molar-refractivity contribution is -0.115. The molecule has 3 heterocycles. The van der Waals surface area contributed by atoms with Crippen molar-refractivity contribution in [2.45, 2.75) is 17.9 Å². The molecule has 154 valence electrons. The van der Waals surface area contributed by atoms with Crippen LogP contribution in [0.2, 0.25) is 0 Å². The number of benzene rings is 1. The molecule has 0 spiro atoms. The number of aromatic nitrogens is 1. The minimum atomic E-state index is -3.68. The van der Waals surface area contributed by atoms with Gasteiger partial charge in [-0.15, -0.1) is 11.3 Å². The Morgan fingerprint density at radius 3 is 2.63 bits per heavy atom. The maximum atomic E-state index is 12.4. The fourth-order valence-corrected chi connectivity index (χ4v) is 5.18. The number of furan rings is 1. The topological polar surface area (TPSA) is 101 Å². The third-order valence-corrected chi connectivity index (χ3v) is 7.17. The van der Waals surface area contributed by atoms with Gasteiger partial charge in [0.2, 0.25) is 15.9 Å². The third kappa shape index (κ3) is 5.03. The van der Waals surface area contributed by atoms with Crippen LogP contribution in [0, 0.1) is 0 Å². The van der Waals surface area contributed by atoms with Crippen molar-refractivity contribution in [3.8, 4) is 10.6 Å². The molecule has 0 aliphatic heterocycles. The van der Waals surface area contributed by atoms with Gasteiger partial charge in [0, 0.05) is 22.0 Å². The minimum absolute atomic E-state index is 0.0643. The summed E-state index contributed by atoms with van der Waals surface area (Å²) in [5.41, 5.74) is 2.26. The van der Waals surface area contributed by atoms with Crippen LogP contribution >= 0.6 is 22.7 Å². The van der Waals surface area contributed by atoms with Gasteiger partial charge in [0.05, 0.1) is 29.8 Å². The van der Waals surface area contributed by atoms with E-state index in [4.69, 9.17) is 4.42 Å². The number of nitrogens with zero attached hydrogens (tertiary/aromatic N) is 1. The minimum Gasteiger partial charge on any atom is -0.468 e. The molecule has 30 heavy (non-hydrogen) atoms. The fourth-order valence-electron chi connectivity index (χ4n) is 2.66. The molecule has 0 saturated carbocycles. The van der Waals surface area contributed by atoms with Gasteiger partial charge >= 0.3 is 0 Å². The molecule has 0 saturated heterocycles. The summed E-state index contributed by atoms with van der Waals surface area (Å²) in [7, 11) is -3.68. The van der Waals surface area contributed by atoms with Crippen molar-refractivity contribution in [3.05, 3.63) is 76.3 Å². The first kappa shape index (κ1) is 20.5. The Balaban J connectivity index is 1.34. The molecule has 0 atom stereocenters. The van der Waals surface area contributed by atoms with Gasteiger partial charge in [-0.25, -0.2) is 18.1 Å². The van der Waals surface area contributed by atoms with Gasteiger partial charge in [-0.3, -0.25) is 4.79 Å². The monoisotopic (exact) mass is 459 g/mol. The highest BCUT2D eigenvalue weighted by Gasteiger charge is 2.15. The quantitative estimate of drug-likeness (QED) is 0.413. The smallest absolute Gasteiger partial charge is 0.240 e. The highest BCUT2D eigenvalue weighted by molar-refractivity contribution is 7.89. The van der Waals surface area contributed by atoms with Crippen molar-refractivity contribution in [1.29, 1.82) is 0 Å². The molecular formula is C20H17N3O4S3. The summed E-state index contributed by atoms with van der Waals surface area (Å²) in [6.07, 6.45) is 1.63. The first-order valence-electron chi connectivity index (χ1n) is 8.88. The molecule has 1 amide bonds. The Kier molecular flexibility index (Phi) is 6.09. The highest BCUT2D eigenvalue weighted by Crippen LogP contribution is 2.26. The van der Waals surface area contributed by atoms with Gasteiger partial charge in [-0.2, -0.15) is 11.3 Å². The van der Waals surface area contributed by atoms with Crippen molar-refractivity contribution in [3.63, 3.8) is 0 Å². The van der Waals surface area contributed by atoms with Crippen LogP contribution in [0.1, 0.15) is 11.5 Å². The van der Waals surface area contributed by atoms with Crippen LogP contribution in [0.5, 0.6) is 0 Å². The number of amides is 1. The second-order valence-corrected chi connectivity index (χ2v) is 9.71. The van der Waals surface area contributed by atoms with Gasteiger partial charge in [-0.1, -0.05) is 0 Å². The van der Waals surface area contributed by atoms with Crippen molar-refractivity contribution in [2.75, 3.05) is 5.32 Å². The second-order valence-electron chi connectivity index (χ2n) is 6.31. The Labute approximate surface area is 181 Å². The van der Waals surface area contributed by atoms with E-state index in [1.165, 1.54) is 29.7 Å². The van der Waals surface area contributed by atoms with Crippen LogP contribution < -0.4 is 10.0 Å². The van der Waals surface area contributed by atoms with E-state index in [2.05, 4.69) is 15.0 Å². The number of hydrogen-bond donors (Lipinski definition) is 2. The summed E-state index contributed by atoms with van der Waals surface area (Å²) in [6.45, 7) is 0.0643. The number of thiazole rings is 1. The molecule has 1 aromatic carbocycles. The van der Waals surface area contributed by atoms with Crippen molar-refractivity contribution in [1.82, 2.24) is 9.71 Å². The summed E-state index contributed by atoms with van der Waals surface area (Å²) in [6, 6.07) is 11.4. The first-order valence-corrected chi connectivity index (χ1v) is 12.2. The van der Waals surface area contributed by atoms with Gasteiger partial charge < -0.3 is 9.73 Å². The number of thiophene rings is 1. The number of sulfonamides is 1. The van der Waals surface area contributed by atoms with Gasteiger partial charge in [0.1, 0.15) is 10.8 Å².